The normalized spacial score (nSPS) is 8.76. The molecule has 0 radical (unpaired) electrons. The lowest BCUT2D eigenvalue weighted by Gasteiger charge is -2.06. The molecule has 0 aromatic heterocycles. The number of allylic oxidation sites excluding steroid dienone is 2. The third kappa shape index (κ3) is 5.59. The van der Waals surface area contributed by atoms with E-state index in [4.69, 9.17) is 4.74 Å². The van der Waals surface area contributed by atoms with Crippen molar-refractivity contribution in [1.82, 2.24) is 0 Å². The van der Waals surface area contributed by atoms with Gasteiger partial charge in [-0.15, -0.1) is 0 Å². The minimum absolute atomic E-state index is 0.121. The van der Waals surface area contributed by atoms with Crippen LogP contribution < -0.4 is 4.74 Å². The molecule has 0 saturated carbocycles. The third-order valence-corrected chi connectivity index (χ3v) is 2.54. The van der Waals surface area contributed by atoms with Crippen molar-refractivity contribution in [1.29, 1.82) is 0 Å². The first-order valence-electron chi connectivity index (χ1n) is 5.24. The first-order chi connectivity index (χ1) is 7.96. The zero-order chi connectivity index (χ0) is 13.4. The molecule has 0 amide bonds. The van der Waals surface area contributed by atoms with E-state index in [1.54, 1.807) is 18.2 Å². The molecule has 0 saturated heterocycles. The SMILES string of the molecule is C=Cc1cc(Br)cc(OC)c1O.CC=C(C)C. The second-order valence-corrected chi connectivity index (χ2v) is 4.53. The van der Waals surface area contributed by atoms with Crippen LogP contribution >= 0.6 is 15.9 Å². The highest BCUT2D eigenvalue weighted by molar-refractivity contribution is 9.10. The summed E-state index contributed by atoms with van der Waals surface area (Å²) in [5.41, 5.74) is 2.03. The number of methoxy groups -OCH3 is 1. The topological polar surface area (TPSA) is 29.5 Å². The molecule has 0 aliphatic carbocycles. The fraction of sp³-hybridized carbons (Fsp3) is 0.286. The van der Waals surface area contributed by atoms with Gasteiger partial charge in [0.15, 0.2) is 11.5 Å². The van der Waals surface area contributed by atoms with E-state index in [0.29, 0.717) is 11.3 Å². The van der Waals surface area contributed by atoms with E-state index in [1.807, 2.05) is 6.92 Å². The number of phenols is 1. The van der Waals surface area contributed by atoms with Crippen molar-refractivity contribution in [3.63, 3.8) is 0 Å². The Morgan fingerprint density at radius 2 is 1.94 bits per heavy atom. The van der Waals surface area contributed by atoms with Crippen molar-refractivity contribution in [3.05, 3.63) is 40.4 Å². The number of rotatable bonds is 2. The smallest absolute Gasteiger partial charge is 0.165 e. The number of ether oxygens (including phenoxy) is 1. The summed E-state index contributed by atoms with van der Waals surface area (Å²) in [5, 5.41) is 9.50. The van der Waals surface area contributed by atoms with Crippen molar-refractivity contribution >= 4 is 22.0 Å². The minimum Gasteiger partial charge on any atom is -0.504 e. The van der Waals surface area contributed by atoms with Gasteiger partial charge in [0.05, 0.1) is 7.11 Å². The van der Waals surface area contributed by atoms with E-state index < -0.39 is 0 Å². The van der Waals surface area contributed by atoms with Crippen LogP contribution in [-0.2, 0) is 0 Å². The first kappa shape index (κ1) is 15.8. The molecule has 0 aliphatic rings. The van der Waals surface area contributed by atoms with Crippen molar-refractivity contribution in [3.8, 4) is 11.5 Å². The average Bonchev–Trinajstić information content (AvgIpc) is 2.32. The largest absolute Gasteiger partial charge is 0.504 e. The van der Waals surface area contributed by atoms with Gasteiger partial charge in [-0.1, -0.05) is 40.2 Å². The Kier molecular flexibility index (Phi) is 7.39. The fourth-order valence-corrected chi connectivity index (χ4v) is 1.36. The molecule has 0 spiro atoms. The van der Waals surface area contributed by atoms with Crippen LogP contribution in [0.4, 0.5) is 0 Å². The van der Waals surface area contributed by atoms with Crippen LogP contribution in [0.15, 0.2) is 34.8 Å². The van der Waals surface area contributed by atoms with Gasteiger partial charge >= 0.3 is 0 Å². The number of hydrogen-bond acceptors (Lipinski definition) is 2. The molecule has 1 aromatic carbocycles. The number of hydrogen-bond donors (Lipinski definition) is 1. The van der Waals surface area contributed by atoms with Crippen LogP contribution in [0.1, 0.15) is 26.3 Å². The van der Waals surface area contributed by atoms with Crippen molar-refractivity contribution in [2.24, 2.45) is 0 Å². The molecule has 0 unspecified atom stereocenters. The van der Waals surface area contributed by atoms with Crippen molar-refractivity contribution < 1.29 is 9.84 Å². The van der Waals surface area contributed by atoms with Gasteiger partial charge in [0.2, 0.25) is 0 Å². The molecule has 0 heterocycles. The van der Waals surface area contributed by atoms with E-state index in [-0.39, 0.29) is 5.75 Å². The second kappa shape index (κ2) is 7.96. The number of halogens is 1. The average molecular weight is 299 g/mol. The molecule has 0 bridgehead atoms. The van der Waals surface area contributed by atoms with Gasteiger partial charge in [-0.3, -0.25) is 0 Å². The maximum absolute atomic E-state index is 9.50. The quantitative estimate of drug-likeness (QED) is 0.796. The Bertz CT molecular complexity index is 405. The minimum atomic E-state index is 0.121. The van der Waals surface area contributed by atoms with E-state index in [2.05, 4.69) is 42.4 Å². The Labute approximate surface area is 112 Å². The van der Waals surface area contributed by atoms with Crippen LogP contribution in [0.5, 0.6) is 11.5 Å². The lowest BCUT2D eigenvalue weighted by atomic mass is 10.2. The Balaban J connectivity index is 0.000000437. The van der Waals surface area contributed by atoms with Crippen LogP contribution in [0.25, 0.3) is 6.08 Å². The van der Waals surface area contributed by atoms with Crippen LogP contribution in [0.3, 0.4) is 0 Å². The Morgan fingerprint density at radius 3 is 2.29 bits per heavy atom. The fourth-order valence-electron chi connectivity index (χ4n) is 0.906. The maximum Gasteiger partial charge on any atom is 0.165 e. The summed E-state index contributed by atoms with van der Waals surface area (Å²) in [6.07, 6.45) is 3.66. The van der Waals surface area contributed by atoms with Gasteiger partial charge in [-0.2, -0.15) is 0 Å². The summed E-state index contributed by atoms with van der Waals surface area (Å²) in [6.45, 7) is 9.78. The molecule has 3 heteroatoms. The Hall–Kier alpha value is -1.22. The van der Waals surface area contributed by atoms with E-state index in [1.165, 1.54) is 12.7 Å². The molecular weight excluding hydrogens is 280 g/mol. The summed E-state index contributed by atoms with van der Waals surface area (Å²) >= 11 is 3.29. The van der Waals surface area contributed by atoms with Crippen LogP contribution in [-0.4, -0.2) is 12.2 Å². The molecule has 1 N–H and O–H groups in total. The predicted molar refractivity (Wildman–Crippen MR) is 77.6 cm³/mol. The summed E-state index contributed by atoms with van der Waals surface area (Å²) in [5.74, 6) is 0.565. The Morgan fingerprint density at radius 1 is 1.41 bits per heavy atom. The van der Waals surface area contributed by atoms with Gasteiger partial charge in [0.1, 0.15) is 0 Å². The highest BCUT2D eigenvalue weighted by Gasteiger charge is 2.06. The van der Waals surface area contributed by atoms with E-state index in [9.17, 15) is 5.11 Å². The van der Waals surface area contributed by atoms with Gasteiger partial charge < -0.3 is 9.84 Å². The lowest BCUT2D eigenvalue weighted by molar-refractivity contribution is 0.372. The predicted octanol–water partition coefficient (Wildman–Crippen LogP) is 4.78. The number of benzene rings is 1. The molecule has 17 heavy (non-hydrogen) atoms. The van der Waals surface area contributed by atoms with E-state index >= 15 is 0 Å². The molecule has 2 nitrogen and oxygen atoms in total. The highest BCUT2D eigenvalue weighted by atomic mass is 79.9. The first-order valence-corrected chi connectivity index (χ1v) is 6.04. The van der Waals surface area contributed by atoms with Crippen molar-refractivity contribution in [2.75, 3.05) is 7.11 Å². The van der Waals surface area contributed by atoms with Crippen LogP contribution in [0.2, 0.25) is 0 Å². The summed E-state index contributed by atoms with van der Waals surface area (Å²) in [7, 11) is 1.51. The number of aromatic hydroxyl groups is 1. The molecule has 0 atom stereocenters. The molecule has 0 fully saturated rings. The monoisotopic (exact) mass is 298 g/mol. The molecule has 1 aromatic rings. The summed E-state index contributed by atoms with van der Waals surface area (Å²) < 4.78 is 5.79. The van der Waals surface area contributed by atoms with Gasteiger partial charge in [0.25, 0.3) is 0 Å². The van der Waals surface area contributed by atoms with E-state index in [0.717, 1.165) is 4.47 Å². The zero-order valence-electron chi connectivity index (χ0n) is 10.7. The maximum atomic E-state index is 9.50. The second-order valence-electron chi connectivity index (χ2n) is 3.62. The molecule has 1 rings (SSSR count). The summed E-state index contributed by atoms with van der Waals surface area (Å²) in [4.78, 5) is 0. The summed E-state index contributed by atoms with van der Waals surface area (Å²) in [6, 6.07) is 3.47. The van der Waals surface area contributed by atoms with Crippen molar-refractivity contribution in [2.45, 2.75) is 20.8 Å². The molecule has 94 valence electrons. The zero-order valence-corrected chi connectivity index (χ0v) is 12.3. The lowest BCUT2D eigenvalue weighted by Crippen LogP contribution is -1.85. The van der Waals surface area contributed by atoms with Crippen LogP contribution in [0, 0.1) is 0 Å². The van der Waals surface area contributed by atoms with Gasteiger partial charge in [-0.25, -0.2) is 0 Å². The van der Waals surface area contributed by atoms with Gasteiger partial charge in [-0.05, 0) is 32.9 Å². The third-order valence-electron chi connectivity index (χ3n) is 2.09. The highest BCUT2D eigenvalue weighted by Crippen LogP contribution is 2.33. The van der Waals surface area contributed by atoms with Gasteiger partial charge in [0, 0.05) is 10.0 Å². The standard InChI is InChI=1S/C9H9BrO2.C5H10/c1-3-6-4-7(10)5-8(12-2)9(6)11;1-4-5(2)3/h3-5,11H,1H2,2H3;4H,1-3H3. The number of phenolic OH excluding ortho intramolecular Hbond substituents is 1. The molecular formula is C14H19BrO2. The molecule has 0 aliphatic heterocycles.